The maximum Gasteiger partial charge on any atom is 0.325 e. The number of carbonyl (C=O) groups is 3. The van der Waals surface area contributed by atoms with E-state index in [1.165, 1.54) is 0 Å². The quantitative estimate of drug-likeness (QED) is 0.622. The summed E-state index contributed by atoms with van der Waals surface area (Å²) in [6, 6.07) is 19.4. The highest BCUT2D eigenvalue weighted by atomic mass is 16.2. The summed E-state index contributed by atoms with van der Waals surface area (Å²) >= 11 is 0. The Morgan fingerprint density at radius 3 is 2.24 bits per heavy atom. The molecule has 1 aliphatic carbocycles. The van der Waals surface area contributed by atoms with Crippen molar-refractivity contribution in [3.05, 3.63) is 71.8 Å². The van der Waals surface area contributed by atoms with Gasteiger partial charge in [-0.1, -0.05) is 81.4 Å². The van der Waals surface area contributed by atoms with Crippen LogP contribution in [-0.4, -0.2) is 46.3 Å². The van der Waals surface area contributed by atoms with Gasteiger partial charge in [0.05, 0.1) is 0 Å². The lowest BCUT2D eigenvalue weighted by molar-refractivity contribution is -0.141. The molecule has 2 atom stereocenters. The van der Waals surface area contributed by atoms with Crippen molar-refractivity contribution in [1.29, 1.82) is 0 Å². The third kappa shape index (κ3) is 5.32. The first-order chi connectivity index (χ1) is 16.2. The van der Waals surface area contributed by atoms with Gasteiger partial charge in [0.15, 0.2) is 0 Å². The molecule has 1 heterocycles. The molecule has 1 N–H and O–H groups in total. The van der Waals surface area contributed by atoms with Crippen LogP contribution in [0.2, 0.25) is 0 Å². The van der Waals surface area contributed by atoms with E-state index in [4.69, 9.17) is 0 Å². The summed E-state index contributed by atoms with van der Waals surface area (Å²) in [6.45, 7) is 7.12. The van der Waals surface area contributed by atoms with Crippen LogP contribution in [0.1, 0.15) is 51.2 Å². The topological polar surface area (TPSA) is 69.7 Å². The van der Waals surface area contributed by atoms with Crippen LogP contribution in [-0.2, 0) is 22.6 Å². The van der Waals surface area contributed by atoms with Gasteiger partial charge in [-0.05, 0) is 48.1 Å². The lowest BCUT2D eigenvalue weighted by Crippen LogP contribution is -2.54. The molecule has 4 rings (SSSR count). The second-order valence-corrected chi connectivity index (χ2v) is 10.8. The van der Waals surface area contributed by atoms with Gasteiger partial charge in [-0.3, -0.25) is 14.5 Å². The van der Waals surface area contributed by atoms with Gasteiger partial charge in [0.25, 0.3) is 5.91 Å². The summed E-state index contributed by atoms with van der Waals surface area (Å²) < 4.78 is 0. The molecule has 180 valence electrons. The van der Waals surface area contributed by atoms with Crippen LogP contribution in [0.15, 0.2) is 60.7 Å². The largest absolute Gasteiger partial charge is 0.336 e. The molecule has 1 saturated carbocycles. The van der Waals surface area contributed by atoms with Crippen LogP contribution in [0.5, 0.6) is 0 Å². The van der Waals surface area contributed by atoms with Crippen molar-refractivity contribution < 1.29 is 14.4 Å². The second-order valence-electron chi connectivity index (χ2n) is 10.8. The smallest absolute Gasteiger partial charge is 0.325 e. The SMILES string of the molecule is CC1CC(C)(C)CC2(C1)NC(=O)N(CC(=O)N(CCc1ccccc1)Cc1ccccc1)C2=O. The Morgan fingerprint density at radius 2 is 1.62 bits per heavy atom. The zero-order valence-corrected chi connectivity index (χ0v) is 20.4. The molecule has 0 radical (unpaired) electrons. The summed E-state index contributed by atoms with van der Waals surface area (Å²) in [5, 5.41) is 2.97. The van der Waals surface area contributed by atoms with Crippen molar-refractivity contribution in [3.8, 4) is 0 Å². The number of rotatable bonds is 7. The van der Waals surface area contributed by atoms with E-state index >= 15 is 0 Å². The molecule has 0 aromatic heterocycles. The van der Waals surface area contributed by atoms with Crippen LogP contribution < -0.4 is 5.32 Å². The Morgan fingerprint density at radius 1 is 1.00 bits per heavy atom. The van der Waals surface area contributed by atoms with E-state index in [0.29, 0.717) is 38.3 Å². The molecule has 6 nitrogen and oxygen atoms in total. The van der Waals surface area contributed by atoms with E-state index in [1.807, 2.05) is 60.7 Å². The summed E-state index contributed by atoms with van der Waals surface area (Å²) in [6.07, 6.45) is 2.94. The molecule has 1 aliphatic heterocycles. The lowest BCUT2D eigenvalue weighted by atomic mass is 9.64. The Kier molecular flexibility index (Phi) is 6.78. The zero-order chi connectivity index (χ0) is 24.3. The van der Waals surface area contributed by atoms with Crippen molar-refractivity contribution in [3.63, 3.8) is 0 Å². The van der Waals surface area contributed by atoms with Crippen LogP contribution in [0, 0.1) is 11.3 Å². The summed E-state index contributed by atoms with van der Waals surface area (Å²) in [7, 11) is 0. The molecule has 34 heavy (non-hydrogen) atoms. The molecule has 1 spiro atoms. The zero-order valence-electron chi connectivity index (χ0n) is 20.4. The van der Waals surface area contributed by atoms with Crippen molar-refractivity contribution in [1.82, 2.24) is 15.1 Å². The van der Waals surface area contributed by atoms with Gasteiger partial charge in [-0.15, -0.1) is 0 Å². The first-order valence-electron chi connectivity index (χ1n) is 12.2. The second kappa shape index (κ2) is 9.61. The number of nitrogens with one attached hydrogen (secondary N) is 1. The molecule has 1 saturated heterocycles. The highest BCUT2D eigenvalue weighted by molar-refractivity contribution is 6.09. The van der Waals surface area contributed by atoms with E-state index in [0.717, 1.165) is 22.4 Å². The standard InChI is InChI=1S/C28H35N3O3/c1-21-16-27(2,3)20-28(17-21)25(33)31(26(34)29-28)19-24(32)30(18-23-12-8-5-9-13-23)15-14-22-10-6-4-7-11-22/h4-13,21H,14-20H2,1-3H3,(H,29,34). The molecule has 2 fully saturated rings. The third-order valence-electron chi connectivity index (χ3n) is 7.00. The highest BCUT2D eigenvalue weighted by Crippen LogP contribution is 2.46. The molecule has 2 aromatic rings. The van der Waals surface area contributed by atoms with E-state index in [1.54, 1.807) is 4.90 Å². The Hall–Kier alpha value is -3.15. The maximum absolute atomic E-state index is 13.5. The lowest BCUT2D eigenvalue weighted by Gasteiger charge is -2.43. The molecular weight excluding hydrogens is 426 g/mol. The fraction of sp³-hybridized carbons (Fsp3) is 0.464. The monoisotopic (exact) mass is 461 g/mol. The number of carbonyl (C=O) groups excluding carboxylic acids is 3. The van der Waals surface area contributed by atoms with Gasteiger partial charge in [0.2, 0.25) is 5.91 Å². The number of hydrogen-bond donors (Lipinski definition) is 1. The van der Waals surface area contributed by atoms with Crippen molar-refractivity contribution in [2.75, 3.05) is 13.1 Å². The third-order valence-corrected chi connectivity index (χ3v) is 7.00. The van der Waals surface area contributed by atoms with Crippen LogP contribution >= 0.6 is 0 Å². The molecule has 2 unspecified atom stereocenters. The summed E-state index contributed by atoms with van der Waals surface area (Å²) in [5.74, 6) is -0.152. The van der Waals surface area contributed by atoms with E-state index in [2.05, 4.69) is 26.1 Å². The number of urea groups is 1. The number of nitrogens with zero attached hydrogens (tertiary/aromatic N) is 2. The Labute approximate surface area is 202 Å². The van der Waals surface area contributed by atoms with Crippen LogP contribution in [0.3, 0.4) is 0 Å². The van der Waals surface area contributed by atoms with Gasteiger partial charge in [-0.2, -0.15) is 0 Å². The van der Waals surface area contributed by atoms with Crippen LogP contribution in [0.4, 0.5) is 4.79 Å². The van der Waals surface area contributed by atoms with E-state index < -0.39 is 11.6 Å². The minimum absolute atomic E-state index is 0.0460. The van der Waals surface area contributed by atoms with Crippen LogP contribution in [0.25, 0.3) is 0 Å². The number of imide groups is 1. The fourth-order valence-electron chi connectivity index (χ4n) is 5.89. The minimum Gasteiger partial charge on any atom is -0.336 e. The van der Waals surface area contributed by atoms with Gasteiger partial charge in [-0.25, -0.2) is 4.79 Å². The van der Waals surface area contributed by atoms with Gasteiger partial charge >= 0.3 is 6.03 Å². The maximum atomic E-state index is 13.5. The van der Waals surface area contributed by atoms with Gasteiger partial charge in [0.1, 0.15) is 12.1 Å². The summed E-state index contributed by atoms with van der Waals surface area (Å²) in [4.78, 5) is 42.7. The number of benzene rings is 2. The molecule has 6 heteroatoms. The van der Waals surface area contributed by atoms with Crippen molar-refractivity contribution in [2.24, 2.45) is 11.3 Å². The van der Waals surface area contributed by atoms with Gasteiger partial charge in [0, 0.05) is 13.1 Å². The molecule has 2 aliphatic rings. The minimum atomic E-state index is -0.896. The van der Waals surface area contributed by atoms with E-state index in [9.17, 15) is 14.4 Å². The first-order valence-corrected chi connectivity index (χ1v) is 12.2. The Bertz CT molecular complexity index is 1040. The van der Waals surface area contributed by atoms with E-state index in [-0.39, 0.29) is 23.8 Å². The normalized spacial score (nSPS) is 23.7. The van der Waals surface area contributed by atoms with Gasteiger partial charge < -0.3 is 10.2 Å². The van der Waals surface area contributed by atoms with Crippen molar-refractivity contribution >= 4 is 17.8 Å². The summed E-state index contributed by atoms with van der Waals surface area (Å²) in [5.41, 5.74) is 1.21. The predicted octanol–water partition coefficient (Wildman–Crippen LogP) is 4.39. The average Bonchev–Trinajstić information content (AvgIpc) is 2.99. The molecule has 0 bridgehead atoms. The highest BCUT2D eigenvalue weighted by Gasteiger charge is 2.56. The average molecular weight is 462 g/mol. The molecule has 2 aromatic carbocycles. The molecular formula is C28H35N3O3. The molecule has 4 amide bonds. The predicted molar refractivity (Wildman–Crippen MR) is 132 cm³/mol. The first kappa shape index (κ1) is 24.0. The Balaban J connectivity index is 1.49. The number of hydrogen-bond acceptors (Lipinski definition) is 3. The number of amides is 4. The fourth-order valence-corrected chi connectivity index (χ4v) is 5.89. The van der Waals surface area contributed by atoms with Crippen molar-refractivity contribution in [2.45, 2.75) is 58.5 Å².